The number of halogens is 1. The summed E-state index contributed by atoms with van der Waals surface area (Å²) in [6.07, 6.45) is 0.574. The fraction of sp³-hybridized carbons (Fsp3) is 0.111. The molecular weight excluding hydrogens is 234 g/mol. The van der Waals surface area contributed by atoms with Gasteiger partial charge in [0.25, 0.3) is 0 Å². The normalized spacial score (nSPS) is 14.5. The average molecular weight is 241 g/mol. The highest BCUT2D eigenvalue weighted by Crippen LogP contribution is 2.33. The van der Waals surface area contributed by atoms with Gasteiger partial charge in [-0.2, -0.15) is 0 Å². The van der Waals surface area contributed by atoms with E-state index in [2.05, 4.69) is 5.43 Å². The van der Waals surface area contributed by atoms with Crippen molar-refractivity contribution in [3.63, 3.8) is 0 Å². The van der Waals surface area contributed by atoms with Gasteiger partial charge in [0.05, 0.1) is 17.9 Å². The van der Waals surface area contributed by atoms with Crippen molar-refractivity contribution >= 4 is 35.3 Å². The Morgan fingerprint density at radius 2 is 2.19 bits per heavy atom. The number of anilines is 2. The molecule has 0 atom stereocenters. The Morgan fingerprint density at radius 3 is 2.88 bits per heavy atom. The van der Waals surface area contributed by atoms with Gasteiger partial charge in [-0.05, 0) is 18.2 Å². The van der Waals surface area contributed by atoms with E-state index in [1.165, 1.54) is 18.2 Å². The molecule has 0 radical (unpaired) electrons. The predicted octanol–water partition coefficient (Wildman–Crippen LogP) is 1.29. The third-order valence-electron chi connectivity index (χ3n) is 2.15. The molecule has 1 aromatic carbocycles. The Kier molecular flexibility index (Phi) is 2.67. The maximum atomic E-state index is 11.4. The van der Waals surface area contributed by atoms with Crippen LogP contribution in [0, 0.1) is 5.21 Å². The van der Waals surface area contributed by atoms with Crippen molar-refractivity contribution in [3.05, 3.63) is 28.4 Å². The lowest BCUT2D eigenvalue weighted by Gasteiger charge is -2.40. The van der Waals surface area contributed by atoms with Crippen molar-refractivity contribution in [2.24, 2.45) is 0 Å². The molecule has 0 aliphatic carbocycles. The smallest absolute Gasteiger partial charge is 0.340 e. The molecule has 1 aromatic rings. The van der Waals surface area contributed by atoms with E-state index in [1.54, 1.807) is 0 Å². The van der Waals surface area contributed by atoms with Gasteiger partial charge in [0, 0.05) is 5.02 Å². The predicted molar refractivity (Wildman–Crippen MR) is 59.2 cm³/mol. The van der Waals surface area contributed by atoms with Gasteiger partial charge in [0.2, 0.25) is 0 Å². The Balaban J connectivity index is 2.51. The average Bonchev–Trinajstić information content (AvgIpc) is 2.23. The summed E-state index contributed by atoms with van der Waals surface area (Å²) in [5.74, 6) is 0. The Hall–Kier alpha value is -1.79. The summed E-state index contributed by atoms with van der Waals surface area (Å²) in [6, 6.07) is 3.81. The number of hydrazine groups is 1. The molecule has 84 valence electrons. The van der Waals surface area contributed by atoms with E-state index in [0.29, 0.717) is 22.2 Å². The van der Waals surface area contributed by atoms with Gasteiger partial charge in [0.1, 0.15) is 6.29 Å². The van der Waals surface area contributed by atoms with Crippen LogP contribution in [0.1, 0.15) is 0 Å². The molecule has 0 saturated heterocycles. The maximum absolute atomic E-state index is 11.4. The van der Waals surface area contributed by atoms with Crippen LogP contribution in [-0.2, 0) is 4.79 Å². The molecule has 0 aromatic heterocycles. The van der Waals surface area contributed by atoms with Crippen LogP contribution in [0.5, 0.6) is 0 Å². The molecule has 1 aliphatic rings. The van der Waals surface area contributed by atoms with Gasteiger partial charge in [-0.25, -0.2) is 4.79 Å². The van der Waals surface area contributed by atoms with E-state index in [0.717, 1.165) is 4.90 Å². The highest BCUT2D eigenvalue weighted by Gasteiger charge is 2.24. The highest BCUT2D eigenvalue weighted by atomic mass is 35.5. The van der Waals surface area contributed by atoms with Crippen LogP contribution < -0.4 is 15.5 Å². The molecule has 16 heavy (non-hydrogen) atoms. The lowest BCUT2D eigenvalue weighted by Crippen LogP contribution is -2.52. The zero-order chi connectivity index (χ0) is 11.7. The second kappa shape index (κ2) is 3.99. The van der Waals surface area contributed by atoms with E-state index >= 15 is 0 Å². The lowest BCUT2D eigenvalue weighted by atomic mass is 10.2. The maximum Gasteiger partial charge on any atom is 0.340 e. The Morgan fingerprint density at radius 1 is 1.44 bits per heavy atom. The van der Waals surface area contributed by atoms with Crippen LogP contribution >= 0.6 is 11.6 Å². The van der Waals surface area contributed by atoms with Gasteiger partial charge >= 0.3 is 6.03 Å². The van der Waals surface area contributed by atoms with Gasteiger partial charge < -0.3 is 15.2 Å². The van der Waals surface area contributed by atoms with E-state index in [1.807, 2.05) is 0 Å². The molecular formula is C9H7ClN3O3-. The monoisotopic (exact) mass is 240 g/mol. The van der Waals surface area contributed by atoms with Gasteiger partial charge in [-0.3, -0.25) is 10.3 Å². The minimum atomic E-state index is -0.656. The number of benzene rings is 1. The highest BCUT2D eigenvalue weighted by molar-refractivity contribution is 6.31. The summed E-state index contributed by atoms with van der Waals surface area (Å²) in [4.78, 5) is 23.0. The van der Waals surface area contributed by atoms with E-state index in [-0.39, 0.29) is 12.2 Å². The number of amides is 2. The van der Waals surface area contributed by atoms with Crippen molar-refractivity contribution in [3.8, 4) is 0 Å². The van der Waals surface area contributed by atoms with E-state index < -0.39 is 6.03 Å². The Labute approximate surface area is 95.9 Å². The number of nitrogens with one attached hydrogen (secondary N) is 1. The number of fused-ring (bicyclic) bond motifs is 1. The fourth-order valence-electron chi connectivity index (χ4n) is 1.46. The topological polar surface area (TPSA) is 75.7 Å². The first-order valence-electron chi connectivity index (χ1n) is 4.42. The van der Waals surface area contributed by atoms with Crippen LogP contribution in [0.3, 0.4) is 0 Å². The summed E-state index contributed by atoms with van der Waals surface area (Å²) < 4.78 is 0. The zero-order valence-corrected chi connectivity index (χ0v) is 8.77. The number of carbonyl (C=O) groups is 2. The zero-order valence-electron chi connectivity index (χ0n) is 8.01. The van der Waals surface area contributed by atoms with Gasteiger partial charge in [-0.15, -0.1) is 0 Å². The molecule has 0 saturated carbocycles. The lowest BCUT2D eigenvalue weighted by molar-refractivity contribution is -0.106. The standard InChI is InChI=1S/C9H7ClN3O3/c10-6-1-2-7-8(5-6)12(3-4-14)9(15)11-13(7)16/h1-2,4-5H,3H2,(H,11,15)/q-1. The number of nitrogens with zero attached hydrogens (tertiary/aromatic N) is 2. The van der Waals surface area contributed by atoms with Crippen LogP contribution in [-0.4, -0.2) is 18.9 Å². The summed E-state index contributed by atoms with van der Waals surface area (Å²) in [5.41, 5.74) is 2.61. The second-order valence-corrected chi connectivity index (χ2v) is 3.56. The minimum absolute atomic E-state index is 0.132. The second-order valence-electron chi connectivity index (χ2n) is 3.12. The summed E-state index contributed by atoms with van der Waals surface area (Å²) in [7, 11) is 0. The van der Waals surface area contributed by atoms with E-state index in [4.69, 9.17) is 11.6 Å². The third kappa shape index (κ3) is 1.68. The van der Waals surface area contributed by atoms with Crippen molar-refractivity contribution in [1.82, 2.24) is 5.43 Å². The summed E-state index contributed by atoms with van der Waals surface area (Å²) in [6.45, 7) is -0.132. The molecule has 1 heterocycles. The van der Waals surface area contributed by atoms with Crippen molar-refractivity contribution in [1.29, 1.82) is 0 Å². The van der Waals surface area contributed by atoms with Crippen molar-refractivity contribution in [2.75, 3.05) is 16.6 Å². The van der Waals surface area contributed by atoms with Crippen LogP contribution in [0.15, 0.2) is 18.2 Å². The number of rotatable bonds is 2. The summed E-state index contributed by atoms with van der Waals surface area (Å²) >= 11 is 5.77. The molecule has 1 aliphatic heterocycles. The third-order valence-corrected chi connectivity index (χ3v) is 2.38. The molecule has 0 bridgehead atoms. The Bertz CT molecular complexity index is 452. The number of hydrogen-bond donors (Lipinski definition) is 1. The van der Waals surface area contributed by atoms with Crippen LogP contribution in [0.4, 0.5) is 16.2 Å². The molecule has 2 rings (SSSR count). The summed E-state index contributed by atoms with van der Waals surface area (Å²) in [5, 5.41) is 12.1. The van der Waals surface area contributed by atoms with Gasteiger partial charge in [0.15, 0.2) is 0 Å². The first kappa shape index (κ1) is 10.7. The van der Waals surface area contributed by atoms with E-state index in [9.17, 15) is 14.8 Å². The quantitative estimate of drug-likeness (QED) is 0.791. The number of urea groups is 1. The molecule has 2 amide bonds. The first-order chi connectivity index (χ1) is 7.63. The van der Waals surface area contributed by atoms with Crippen LogP contribution in [0.2, 0.25) is 5.02 Å². The largest absolute Gasteiger partial charge is 0.739 e. The molecule has 0 fully saturated rings. The molecule has 6 nitrogen and oxygen atoms in total. The molecule has 1 N–H and O–H groups in total. The van der Waals surface area contributed by atoms with Crippen molar-refractivity contribution < 1.29 is 9.59 Å². The minimum Gasteiger partial charge on any atom is -0.739 e. The number of hydrogen-bond acceptors (Lipinski definition) is 4. The van der Waals surface area contributed by atoms with Gasteiger partial charge in [-0.1, -0.05) is 11.6 Å². The first-order valence-corrected chi connectivity index (χ1v) is 4.80. The number of carbonyl (C=O) groups excluding carboxylic acids is 2. The van der Waals surface area contributed by atoms with Crippen molar-refractivity contribution in [2.45, 2.75) is 0 Å². The molecule has 0 spiro atoms. The number of aldehydes is 1. The molecule has 7 heteroatoms. The molecule has 0 unspecified atom stereocenters. The fourth-order valence-corrected chi connectivity index (χ4v) is 1.62. The van der Waals surface area contributed by atoms with Crippen LogP contribution in [0.25, 0.3) is 0 Å². The SMILES string of the molecule is O=CCN1C(=O)NN([O-])c2ccc(Cl)cc21.